The lowest BCUT2D eigenvalue weighted by Crippen LogP contribution is -2.11. The van der Waals surface area contributed by atoms with Crippen LogP contribution in [0, 0.1) is 0 Å². The van der Waals surface area contributed by atoms with Crippen LogP contribution in [0.15, 0.2) is 28.7 Å². The number of rotatable bonds is 3. The molecule has 2 N–H and O–H groups in total. The van der Waals surface area contributed by atoms with Gasteiger partial charge in [-0.25, -0.2) is 9.78 Å². The highest BCUT2D eigenvalue weighted by Gasteiger charge is 2.39. The Morgan fingerprint density at radius 3 is 2.60 bits per heavy atom. The Morgan fingerprint density at radius 2 is 2.10 bits per heavy atom. The van der Waals surface area contributed by atoms with Gasteiger partial charge in [-0.05, 0) is 18.2 Å². The van der Waals surface area contributed by atoms with Gasteiger partial charge in [0.25, 0.3) is 0 Å². The molecule has 0 saturated carbocycles. The van der Waals surface area contributed by atoms with Gasteiger partial charge in [-0.15, -0.1) is 0 Å². The third kappa shape index (κ3) is 3.28. The minimum absolute atomic E-state index is 0.132. The average molecular weight is 367 g/mol. The van der Waals surface area contributed by atoms with E-state index < -0.39 is 22.7 Å². The molecule has 2 aromatic rings. The van der Waals surface area contributed by atoms with Crippen LogP contribution in [0.5, 0.6) is 0 Å². The molecule has 1 aromatic heterocycles. The molecule has 20 heavy (non-hydrogen) atoms. The van der Waals surface area contributed by atoms with Crippen LogP contribution in [0.3, 0.4) is 0 Å². The first-order valence-electron chi connectivity index (χ1n) is 5.11. The molecule has 0 saturated heterocycles. The van der Waals surface area contributed by atoms with Crippen molar-refractivity contribution in [3.63, 3.8) is 0 Å². The summed E-state index contributed by atoms with van der Waals surface area (Å²) < 4.78 is 38.7. The van der Waals surface area contributed by atoms with Gasteiger partial charge in [0, 0.05) is 10.2 Å². The van der Waals surface area contributed by atoms with E-state index in [9.17, 15) is 18.0 Å². The van der Waals surface area contributed by atoms with Crippen LogP contribution in [0.4, 0.5) is 24.0 Å². The third-order valence-electron chi connectivity index (χ3n) is 2.17. The average Bonchev–Trinajstić information content (AvgIpc) is 2.73. The van der Waals surface area contributed by atoms with Gasteiger partial charge < -0.3 is 10.4 Å². The second-order valence-electron chi connectivity index (χ2n) is 3.64. The van der Waals surface area contributed by atoms with Crippen LogP contribution in [-0.4, -0.2) is 16.1 Å². The van der Waals surface area contributed by atoms with Crippen molar-refractivity contribution >= 4 is 44.1 Å². The standard InChI is InChI=1S/C11H6BrF3N2O2S/c12-5-2-1-3-6(4-5)16-10-17-8(11(13,14)15)7(20-10)9(18)19/h1-4H,(H,16,17)(H,18,19). The Balaban J connectivity index is 2.37. The molecule has 106 valence electrons. The maximum absolute atomic E-state index is 12.7. The Morgan fingerprint density at radius 1 is 1.40 bits per heavy atom. The number of nitrogens with zero attached hydrogens (tertiary/aromatic N) is 1. The van der Waals surface area contributed by atoms with Gasteiger partial charge in [-0.3, -0.25) is 0 Å². The van der Waals surface area contributed by atoms with E-state index in [1.54, 1.807) is 24.3 Å². The van der Waals surface area contributed by atoms with Crippen LogP contribution >= 0.6 is 27.3 Å². The number of hydrogen-bond acceptors (Lipinski definition) is 4. The van der Waals surface area contributed by atoms with Crippen molar-refractivity contribution in [2.75, 3.05) is 5.32 Å². The van der Waals surface area contributed by atoms with E-state index in [1.807, 2.05) is 0 Å². The molecule has 9 heteroatoms. The second-order valence-corrected chi connectivity index (χ2v) is 5.55. The van der Waals surface area contributed by atoms with Crippen molar-refractivity contribution in [2.24, 2.45) is 0 Å². The number of halogens is 4. The number of alkyl halides is 3. The smallest absolute Gasteiger partial charge is 0.435 e. The zero-order valence-electron chi connectivity index (χ0n) is 9.53. The van der Waals surface area contributed by atoms with Gasteiger partial charge in [0.2, 0.25) is 0 Å². The molecule has 0 radical (unpaired) electrons. The molecule has 2 rings (SSSR count). The van der Waals surface area contributed by atoms with Crippen LogP contribution in [-0.2, 0) is 6.18 Å². The number of aromatic carboxylic acids is 1. The lowest BCUT2D eigenvalue weighted by molar-refractivity contribution is -0.141. The summed E-state index contributed by atoms with van der Waals surface area (Å²) in [6.07, 6.45) is -4.80. The Bertz CT molecular complexity index is 657. The number of carbonyl (C=O) groups is 1. The molecule has 0 aliphatic carbocycles. The minimum atomic E-state index is -4.80. The zero-order chi connectivity index (χ0) is 14.9. The number of thiazole rings is 1. The highest BCUT2D eigenvalue weighted by molar-refractivity contribution is 9.10. The molecule has 0 amide bonds. The van der Waals surface area contributed by atoms with Gasteiger partial charge in [0.15, 0.2) is 10.8 Å². The van der Waals surface area contributed by atoms with E-state index in [2.05, 4.69) is 26.2 Å². The van der Waals surface area contributed by atoms with Crippen molar-refractivity contribution in [1.82, 2.24) is 4.98 Å². The molecule has 0 aliphatic rings. The van der Waals surface area contributed by atoms with Gasteiger partial charge in [-0.1, -0.05) is 33.3 Å². The summed E-state index contributed by atoms with van der Waals surface area (Å²) in [4.78, 5) is 13.3. The lowest BCUT2D eigenvalue weighted by Gasteiger charge is -2.03. The molecule has 0 atom stereocenters. The van der Waals surface area contributed by atoms with Gasteiger partial charge in [0.05, 0.1) is 0 Å². The van der Waals surface area contributed by atoms with Crippen LogP contribution in [0.1, 0.15) is 15.4 Å². The minimum Gasteiger partial charge on any atom is -0.477 e. The van der Waals surface area contributed by atoms with E-state index >= 15 is 0 Å². The summed E-state index contributed by atoms with van der Waals surface area (Å²) in [5, 5.41) is 11.3. The van der Waals surface area contributed by atoms with E-state index in [4.69, 9.17) is 5.11 Å². The summed E-state index contributed by atoms with van der Waals surface area (Å²) >= 11 is 3.66. The number of nitrogens with one attached hydrogen (secondary N) is 1. The highest BCUT2D eigenvalue weighted by Crippen LogP contribution is 2.37. The summed E-state index contributed by atoms with van der Waals surface area (Å²) in [6.45, 7) is 0. The monoisotopic (exact) mass is 366 g/mol. The molecule has 0 aliphatic heterocycles. The predicted molar refractivity (Wildman–Crippen MR) is 71.5 cm³/mol. The van der Waals surface area contributed by atoms with Gasteiger partial charge in [-0.2, -0.15) is 13.2 Å². The van der Waals surface area contributed by atoms with Crippen LogP contribution in [0.25, 0.3) is 0 Å². The summed E-state index contributed by atoms with van der Waals surface area (Å²) in [6, 6.07) is 6.69. The van der Waals surface area contributed by atoms with Crippen LogP contribution < -0.4 is 5.32 Å². The molecule has 1 heterocycles. The van der Waals surface area contributed by atoms with Gasteiger partial charge >= 0.3 is 12.1 Å². The summed E-state index contributed by atoms with van der Waals surface area (Å²) in [5.74, 6) is -1.66. The fraction of sp³-hybridized carbons (Fsp3) is 0.0909. The summed E-state index contributed by atoms with van der Waals surface area (Å²) in [5.41, 5.74) is -0.897. The van der Waals surface area contributed by atoms with E-state index in [-0.39, 0.29) is 5.13 Å². The van der Waals surface area contributed by atoms with Gasteiger partial charge in [0.1, 0.15) is 4.88 Å². The largest absolute Gasteiger partial charge is 0.477 e. The van der Waals surface area contributed by atoms with Crippen molar-refractivity contribution in [3.05, 3.63) is 39.3 Å². The Kier molecular flexibility index (Phi) is 4.00. The zero-order valence-corrected chi connectivity index (χ0v) is 11.9. The summed E-state index contributed by atoms with van der Waals surface area (Å²) in [7, 11) is 0. The third-order valence-corrected chi connectivity index (χ3v) is 3.62. The number of benzene rings is 1. The van der Waals surface area contributed by atoms with Crippen LogP contribution in [0.2, 0.25) is 0 Å². The number of aromatic nitrogens is 1. The van der Waals surface area contributed by atoms with E-state index in [0.29, 0.717) is 17.0 Å². The predicted octanol–water partition coefficient (Wildman–Crippen LogP) is 4.37. The first kappa shape index (κ1) is 14.8. The maximum atomic E-state index is 12.7. The fourth-order valence-electron chi connectivity index (χ4n) is 1.40. The Labute approximate surface area is 123 Å². The maximum Gasteiger partial charge on any atom is 0.435 e. The van der Waals surface area contributed by atoms with Crippen molar-refractivity contribution < 1.29 is 23.1 Å². The van der Waals surface area contributed by atoms with Crippen molar-refractivity contribution in [2.45, 2.75) is 6.18 Å². The fourth-order valence-corrected chi connectivity index (χ4v) is 2.64. The number of hydrogen-bond donors (Lipinski definition) is 2. The van der Waals surface area contributed by atoms with Crippen molar-refractivity contribution in [3.8, 4) is 0 Å². The molecule has 0 unspecified atom stereocenters. The molecule has 0 fully saturated rings. The first-order valence-corrected chi connectivity index (χ1v) is 6.72. The van der Waals surface area contributed by atoms with Crippen molar-refractivity contribution in [1.29, 1.82) is 0 Å². The molecule has 1 aromatic carbocycles. The van der Waals surface area contributed by atoms with E-state index in [0.717, 1.165) is 4.47 Å². The molecule has 4 nitrogen and oxygen atoms in total. The molecule has 0 bridgehead atoms. The quantitative estimate of drug-likeness (QED) is 0.846. The first-order chi connectivity index (χ1) is 9.27. The second kappa shape index (κ2) is 5.41. The lowest BCUT2D eigenvalue weighted by atomic mass is 10.3. The van der Waals surface area contributed by atoms with E-state index in [1.165, 1.54) is 0 Å². The normalized spacial score (nSPS) is 11.4. The molecular formula is C11H6BrF3N2O2S. The molecular weight excluding hydrogens is 361 g/mol. The molecule has 0 spiro atoms. The SMILES string of the molecule is O=C(O)c1sc(Nc2cccc(Br)c2)nc1C(F)(F)F. The highest BCUT2D eigenvalue weighted by atomic mass is 79.9. The Hall–Kier alpha value is -1.61. The number of carboxylic acids is 1. The number of carboxylic acid groups (broad SMARTS) is 1. The topological polar surface area (TPSA) is 62.2 Å². The number of anilines is 2.